The van der Waals surface area contributed by atoms with Crippen LogP contribution >= 0.6 is 11.8 Å². The van der Waals surface area contributed by atoms with Gasteiger partial charge in [0.15, 0.2) is 0 Å². The molecule has 118 valence electrons. The molecule has 0 radical (unpaired) electrons. The molecule has 1 heterocycles. The number of hydrogen-bond acceptors (Lipinski definition) is 6. The van der Waals surface area contributed by atoms with Crippen LogP contribution in [-0.4, -0.2) is 36.4 Å². The third-order valence-corrected chi connectivity index (χ3v) is 5.33. The molecule has 2 rings (SSSR count). The summed E-state index contributed by atoms with van der Waals surface area (Å²) in [6.45, 7) is 0. The number of aryl methyl sites for hydroxylation is 1. The maximum Gasteiger partial charge on any atom is 0.209 e. The minimum Gasteiger partial charge on any atom is -0.411 e. The van der Waals surface area contributed by atoms with E-state index in [0.29, 0.717) is 0 Å². The standard InChI is InChI=1S/C14H25N5OS/c1-19-14(15-17-18-19)21-13-11-9-7-5-3-2-4-6-8-10-12(13)16-20/h13,20H,2-11H2,1H3/b16-12-. The van der Waals surface area contributed by atoms with Crippen LogP contribution in [0.4, 0.5) is 0 Å². The fraction of sp³-hybridized carbons (Fsp3) is 0.857. The van der Waals surface area contributed by atoms with Crippen LogP contribution in [0.2, 0.25) is 0 Å². The van der Waals surface area contributed by atoms with Crippen molar-refractivity contribution < 1.29 is 5.21 Å². The van der Waals surface area contributed by atoms with Crippen LogP contribution < -0.4 is 0 Å². The summed E-state index contributed by atoms with van der Waals surface area (Å²) in [6.07, 6.45) is 12.0. The molecule has 1 unspecified atom stereocenters. The van der Waals surface area contributed by atoms with Gasteiger partial charge >= 0.3 is 0 Å². The molecule has 1 N–H and O–H groups in total. The highest BCUT2D eigenvalue weighted by molar-refractivity contribution is 8.00. The summed E-state index contributed by atoms with van der Waals surface area (Å²) in [5, 5.41) is 25.5. The Morgan fingerprint density at radius 3 is 2.38 bits per heavy atom. The van der Waals surface area contributed by atoms with E-state index in [1.807, 2.05) is 7.05 Å². The zero-order valence-electron chi connectivity index (χ0n) is 12.7. The van der Waals surface area contributed by atoms with E-state index in [-0.39, 0.29) is 5.25 Å². The van der Waals surface area contributed by atoms with Crippen LogP contribution in [0.5, 0.6) is 0 Å². The lowest BCUT2D eigenvalue weighted by atomic mass is 9.99. The first-order valence-electron chi connectivity index (χ1n) is 7.91. The molecule has 0 spiro atoms. The molecule has 1 fully saturated rings. The first kappa shape index (κ1) is 16.3. The van der Waals surface area contributed by atoms with Crippen molar-refractivity contribution in [2.75, 3.05) is 0 Å². The van der Waals surface area contributed by atoms with Crippen molar-refractivity contribution >= 4 is 17.5 Å². The van der Waals surface area contributed by atoms with Gasteiger partial charge in [0, 0.05) is 7.05 Å². The zero-order chi connectivity index (χ0) is 14.9. The van der Waals surface area contributed by atoms with E-state index < -0.39 is 0 Å². The summed E-state index contributed by atoms with van der Waals surface area (Å²) in [4.78, 5) is 0. The van der Waals surface area contributed by atoms with Crippen LogP contribution in [-0.2, 0) is 7.05 Å². The topological polar surface area (TPSA) is 76.2 Å². The Hall–Kier alpha value is -1.11. The van der Waals surface area contributed by atoms with Gasteiger partial charge in [-0.1, -0.05) is 61.9 Å². The average molecular weight is 311 g/mol. The SMILES string of the molecule is Cn1nnnc1SC1CCCCCCCCCC/C1=N/O. The number of hydrogen-bond donors (Lipinski definition) is 1. The van der Waals surface area contributed by atoms with Gasteiger partial charge in [0.1, 0.15) is 0 Å². The second-order valence-electron chi connectivity index (χ2n) is 5.65. The third kappa shape index (κ3) is 5.30. The van der Waals surface area contributed by atoms with Gasteiger partial charge in [-0.25, -0.2) is 4.68 Å². The molecule has 1 aromatic rings. The Labute approximate surface area is 130 Å². The Morgan fingerprint density at radius 1 is 1.10 bits per heavy atom. The van der Waals surface area contributed by atoms with Gasteiger partial charge in [-0.2, -0.15) is 0 Å². The minimum atomic E-state index is 0.180. The number of oxime groups is 1. The molecular formula is C14H25N5OS. The lowest BCUT2D eigenvalue weighted by Crippen LogP contribution is -2.19. The summed E-state index contributed by atoms with van der Waals surface area (Å²) in [6, 6.07) is 0. The first-order valence-corrected chi connectivity index (χ1v) is 8.79. The van der Waals surface area contributed by atoms with E-state index in [4.69, 9.17) is 0 Å². The van der Waals surface area contributed by atoms with Gasteiger partial charge < -0.3 is 5.21 Å². The molecule has 21 heavy (non-hydrogen) atoms. The molecule has 0 aliphatic heterocycles. The van der Waals surface area contributed by atoms with Crippen molar-refractivity contribution in [3.8, 4) is 0 Å². The highest BCUT2D eigenvalue weighted by Crippen LogP contribution is 2.28. The first-order chi connectivity index (χ1) is 10.3. The molecule has 0 bridgehead atoms. The van der Waals surface area contributed by atoms with E-state index in [9.17, 15) is 5.21 Å². The number of tetrazole rings is 1. The second kappa shape index (κ2) is 9.02. The predicted octanol–water partition coefficient (Wildman–Crippen LogP) is 3.42. The summed E-state index contributed by atoms with van der Waals surface area (Å²) in [7, 11) is 1.84. The maximum absolute atomic E-state index is 9.38. The third-order valence-electron chi connectivity index (χ3n) is 3.98. The van der Waals surface area contributed by atoms with Crippen molar-refractivity contribution in [2.24, 2.45) is 12.2 Å². The molecule has 0 aromatic carbocycles. The summed E-state index contributed by atoms with van der Waals surface area (Å²) in [5.74, 6) is 0. The molecule has 0 saturated heterocycles. The second-order valence-corrected chi connectivity index (χ2v) is 6.82. The molecule has 6 nitrogen and oxygen atoms in total. The van der Waals surface area contributed by atoms with Gasteiger partial charge in [-0.15, -0.1) is 5.10 Å². The fourth-order valence-electron chi connectivity index (χ4n) is 2.71. The van der Waals surface area contributed by atoms with Crippen LogP contribution in [0.25, 0.3) is 0 Å². The molecule has 1 aliphatic rings. The number of rotatable bonds is 2. The number of nitrogens with zero attached hydrogens (tertiary/aromatic N) is 5. The monoisotopic (exact) mass is 311 g/mol. The highest BCUT2D eigenvalue weighted by Gasteiger charge is 2.21. The van der Waals surface area contributed by atoms with E-state index in [1.165, 1.54) is 44.9 Å². The molecule has 7 heteroatoms. The number of aromatic nitrogens is 4. The van der Waals surface area contributed by atoms with Crippen LogP contribution in [0, 0.1) is 0 Å². The van der Waals surface area contributed by atoms with Gasteiger partial charge in [0.25, 0.3) is 0 Å². The van der Waals surface area contributed by atoms with E-state index in [1.54, 1.807) is 16.4 Å². The molecular weight excluding hydrogens is 286 g/mol. The lowest BCUT2D eigenvalue weighted by molar-refractivity contribution is 0.315. The van der Waals surface area contributed by atoms with Crippen molar-refractivity contribution in [3.05, 3.63) is 0 Å². The van der Waals surface area contributed by atoms with Gasteiger partial charge in [0.2, 0.25) is 5.16 Å². The predicted molar refractivity (Wildman–Crippen MR) is 83.8 cm³/mol. The van der Waals surface area contributed by atoms with Gasteiger partial charge in [0.05, 0.1) is 11.0 Å². The maximum atomic E-state index is 9.38. The molecule has 1 aliphatic carbocycles. The van der Waals surface area contributed by atoms with Crippen LogP contribution in [0.1, 0.15) is 64.2 Å². The van der Waals surface area contributed by atoms with Crippen molar-refractivity contribution in [2.45, 2.75) is 74.6 Å². The highest BCUT2D eigenvalue weighted by atomic mass is 32.2. The summed E-state index contributed by atoms with van der Waals surface area (Å²) < 4.78 is 1.68. The average Bonchev–Trinajstić information content (AvgIpc) is 2.87. The fourth-order valence-corrected chi connectivity index (χ4v) is 3.83. The van der Waals surface area contributed by atoms with Crippen LogP contribution in [0.3, 0.4) is 0 Å². The molecule has 1 saturated carbocycles. The number of thioether (sulfide) groups is 1. The zero-order valence-corrected chi connectivity index (χ0v) is 13.6. The smallest absolute Gasteiger partial charge is 0.209 e. The van der Waals surface area contributed by atoms with E-state index in [0.717, 1.165) is 30.1 Å². The quantitative estimate of drug-likeness (QED) is 0.669. The van der Waals surface area contributed by atoms with E-state index >= 15 is 0 Å². The Balaban J connectivity index is 2.01. The Morgan fingerprint density at radius 2 is 1.76 bits per heavy atom. The van der Waals surface area contributed by atoms with Crippen molar-refractivity contribution in [1.82, 2.24) is 20.2 Å². The largest absolute Gasteiger partial charge is 0.411 e. The molecule has 1 aromatic heterocycles. The summed E-state index contributed by atoms with van der Waals surface area (Å²) in [5.41, 5.74) is 0.892. The van der Waals surface area contributed by atoms with Crippen molar-refractivity contribution in [3.63, 3.8) is 0 Å². The lowest BCUT2D eigenvalue weighted by Gasteiger charge is -2.17. The van der Waals surface area contributed by atoms with Crippen molar-refractivity contribution in [1.29, 1.82) is 0 Å². The Kier molecular flexibility index (Phi) is 6.99. The van der Waals surface area contributed by atoms with E-state index in [2.05, 4.69) is 20.7 Å². The minimum absolute atomic E-state index is 0.180. The Bertz CT molecular complexity index is 448. The summed E-state index contributed by atoms with van der Waals surface area (Å²) >= 11 is 1.62. The molecule has 0 amide bonds. The normalized spacial score (nSPS) is 24.4. The van der Waals surface area contributed by atoms with Gasteiger partial charge in [-0.3, -0.25) is 0 Å². The molecule has 1 atom stereocenters. The van der Waals surface area contributed by atoms with Crippen LogP contribution in [0.15, 0.2) is 10.3 Å². The van der Waals surface area contributed by atoms with Gasteiger partial charge in [-0.05, 0) is 29.7 Å².